The number of nitrogens with zero attached hydrogens (tertiary/aromatic N) is 2. The second-order valence-corrected chi connectivity index (χ2v) is 5.44. The van der Waals surface area contributed by atoms with Crippen LogP contribution in [0.5, 0.6) is 0 Å². The number of ether oxygens (including phenoxy) is 1. The number of anilines is 1. The van der Waals surface area contributed by atoms with Crippen molar-refractivity contribution in [2.75, 3.05) is 18.5 Å². The van der Waals surface area contributed by atoms with Crippen molar-refractivity contribution in [3.05, 3.63) is 24.3 Å². The van der Waals surface area contributed by atoms with E-state index in [1.54, 1.807) is 0 Å². The number of esters is 1. The molecule has 0 aliphatic carbocycles. The molecule has 1 aromatic carbocycles. The molecule has 114 valence electrons. The minimum Gasteiger partial charge on any atom is -0.464 e. The lowest BCUT2D eigenvalue weighted by atomic mass is 10.1. The Hall–Kier alpha value is -2.04. The van der Waals surface area contributed by atoms with Crippen molar-refractivity contribution in [2.24, 2.45) is 5.92 Å². The largest absolute Gasteiger partial charge is 0.464 e. The van der Waals surface area contributed by atoms with Crippen LogP contribution in [0.2, 0.25) is 0 Å². The second kappa shape index (κ2) is 7.11. The Labute approximate surface area is 125 Å². The maximum absolute atomic E-state index is 12.0. The van der Waals surface area contributed by atoms with Gasteiger partial charge in [-0.25, -0.2) is 4.98 Å². The van der Waals surface area contributed by atoms with E-state index in [4.69, 9.17) is 4.74 Å². The molecule has 0 spiro atoms. The van der Waals surface area contributed by atoms with Gasteiger partial charge in [0, 0.05) is 6.54 Å². The molecule has 0 saturated heterocycles. The number of hydrogen-bond acceptors (Lipinski definition) is 4. The Morgan fingerprint density at radius 1 is 1.38 bits per heavy atom. The zero-order chi connectivity index (χ0) is 15.2. The van der Waals surface area contributed by atoms with Gasteiger partial charge in [-0.1, -0.05) is 26.0 Å². The summed E-state index contributed by atoms with van der Waals surface area (Å²) in [5, 5.41) is 3.19. The number of carbonyl (C=O) groups excluding carboxylic acids is 1. The lowest BCUT2D eigenvalue weighted by molar-refractivity contribution is -0.144. The molecular formula is C16H23N3O2. The number of benzene rings is 1. The van der Waals surface area contributed by atoms with Gasteiger partial charge in [-0.15, -0.1) is 0 Å². The lowest BCUT2D eigenvalue weighted by Crippen LogP contribution is -2.17. The van der Waals surface area contributed by atoms with E-state index in [9.17, 15) is 4.79 Å². The number of rotatable bonds is 7. The lowest BCUT2D eigenvalue weighted by Gasteiger charge is -2.10. The molecule has 2 aromatic rings. The molecule has 0 radical (unpaired) electrons. The molecule has 0 fully saturated rings. The van der Waals surface area contributed by atoms with Crippen LogP contribution in [0.1, 0.15) is 27.2 Å². The molecule has 0 bridgehead atoms. The highest BCUT2D eigenvalue weighted by atomic mass is 16.5. The zero-order valence-corrected chi connectivity index (χ0v) is 12.9. The smallest absolute Gasteiger partial charge is 0.326 e. The minimum atomic E-state index is -0.224. The van der Waals surface area contributed by atoms with Crippen LogP contribution in [0.4, 0.5) is 5.95 Å². The van der Waals surface area contributed by atoms with Crippen molar-refractivity contribution in [3.63, 3.8) is 0 Å². The highest BCUT2D eigenvalue weighted by Gasteiger charge is 2.13. The van der Waals surface area contributed by atoms with Crippen LogP contribution in [-0.4, -0.2) is 28.7 Å². The van der Waals surface area contributed by atoms with Gasteiger partial charge >= 0.3 is 5.97 Å². The fraction of sp³-hybridized carbons (Fsp3) is 0.500. The molecule has 5 nitrogen and oxygen atoms in total. The van der Waals surface area contributed by atoms with Gasteiger partial charge < -0.3 is 10.1 Å². The van der Waals surface area contributed by atoms with Crippen LogP contribution in [0.25, 0.3) is 11.0 Å². The van der Waals surface area contributed by atoms with Gasteiger partial charge in [0.1, 0.15) is 6.54 Å². The van der Waals surface area contributed by atoms with Gasteiger partial charge in [0.15, 0.2) is 0 Å². The predicted octanol–water partition coefficient (Wildman–Crippen LogP) is 3.06. The van der Waals surface area contributed by atoms with Gasteiger partial charge in [-0.3, -0.25) is 9.36 Å². The first-order chi connectivity index (χ1) is 10.1. The number of hydrogen-bond donors (Lipinski definition) is 1. The molecule has 0 aliphatic heterocycles. The van der Waals surface area contributed by atoms with Crippen molar-refractivity contribution >= 4 is 23.0 Å². The van der Waals surface area contributed by atoms with E-state index in [-0.39, 0.29) is 12.5 Å². The number of para-hydroxylation sites is 2. The van der Waals surface area contributed by atoms with Gasteiger partial charge in [0.25, 0.3) is 0 Å². The first-order valence-electron chi connectivity index (χ1n) is 7.46. The molecule has 21 heavy (non-hydrogen) atoms. The Kier molecular flexibility index (Phi) is 5.20. The monoisotopic (exact) mass is 289 g/mol. The van der Waals surface area contributed by atoms with E-state index in [0.29, 0.717) is 18.5 Å². The first kappa shape index (κ1) is 15.4. The van der Waals surface area contributed by atoms with E-state index in [0.717, 1.165) is 24.0 Å². The van der Waals surface area contributed by atoms with Crippen molar-refractivity contribution in [3.8, 4) is 0 Å². The Balaban J connectivity index is 2.12. The van der Waals surface area contributed by atoms with E-state index in [1.165, 1.54) is 0 Å². The summed E-state index contributed by atoms with van der Waals surface area (Å²) in [4.78, 5) is 16.5. The van der Waals surface area contributed by atoms with Gasteiger partial charge in [0.05, 0.1) is 17.6 Å². The standard InChI is InChI=1S/C16H23N3O2/c1-4-17-16-18-13-7-5-6-8-14(13)19(16)11-15(20)21-10-9-12(2)3/h5-8,12H,4,9-11H2,1-3H3,(H,17,18). The van der Waals surface area contributed by atoms with Crippen LogP contribution in [0.15, 0.2) is 24.3 Å². The Morgan fingerprint density at radius 2 is 2.14 bits per heavy atom. The minimum absolute atomic E-state index is 0.181. The van der Waals surface area contributed by atoms with Crippen molar-refractivity contribution in [2.45, 2.75) is 33.7 Å². The van der Waals surface area contributed by atoms with Crippen molar-refractivity contribution < 1.29 is 9.53 Å². The van der Waals surface area contributed by atoms with Gasteiger partial charge in [-0.2, -0.15) is 0 Å². The molecule has 0 atom stereocenters. The molecular weight excluding hydrogens is 266 g/mol. The molecule has 2 rings (SSSR count). The summed E-state index contributed by atoms with van der Waals surface area (Å²) in [6.07, 6.45) is 0.885. The van der Waals surface area contributed by atoms with Crippen molar-refractivity contribution in [1.82, 2.24) is 9.55 Å². The third kappa shape index (κ3) is 3.97. The molecule has 1 N–H and O–H groups in total. The summed E-state index contributed by atoms with van der Waals surface area (Å²) < 4.78 is 7.16. The average Bonchev–Trinajstić information content (AvgIpc) is 2.77. The summed E-state index contributed by atoms with van der Waals surface area (Å²) in [7, 11) is 0. The summed E-state index contributed by atoms with van der Waals surface area (Å²) in [5.41, 5.74) is 1.82. The molecule has 0 unspecified atom stereocenters. The molecule has 0 aliphatic rings. The summed E-state index contributed by atoms with van der Waals surface area (Å²) >= 11 is 0. The highest BCUT2D eigenvalue weighted by Crippen LogP contribution is 2.19. The highest BCUT2D eigenvalue weighted by molar-refractivity contribution is 5.81. The fourth-order valence-electron chi connectivity index (χ4n) is 2.11. The molecule has 5 heteroatoms. The quantitative estimate of drug-likeness (QED) is 0.796. The Morgan fingerprint density at radius 3 is 2.86 bits per heavy atom. The maximum atomic E-state index is 12.0. The van der Waals surface area contributed by atoms with Crippen LogP contribution >= 0.6 is 0 Å². The fourth-order valence-corrected chi connectivity index (χ4v) is 2.11. The molecule has 1 heterocycles. The maximum Gasteiger partial charge on any atom is 0.326 e. The third-order valence-corrected chi connectivity index (χ3v) is 3.23. The number of fused-ring (bicyclic) bond motifs is 1. The summed E-state index contributed by atoms with van der Waals surface area (Å²) in [6, 6.07) is 7.79. The summed E-state index contributed by atoms with van der Waals surface area (Å²) in [6.45, 7) is 7.64. The van der Waals surface area contributed by atoms with E-state index >= 15 is 0 Å². The zero-order valence-electron chi connectivity index (χ0n) is 12.9. The average molecular weight is 289 g/mol. The number of aromatic nitrogens is 2. The van der Waals surface area contributed by atoms with Crippen LogP contribution < -0.4 is 5.32 Å². The van der Waals surface area contributed by atoms with Crippen LogP contribution in [0, 0.1) is 5.92 Å². The van der Waals surface area contributed by atoms with E-state index < -0.39 is 0 Å². The topological polar surface area (TPSA) is 56.2 Å². The Bertz CT molecular complexity index is 605. The normalized spacial score (nSPS) is 11.0. The van der Waals surface area contributed by atoms with Gasteiger partial charge in [-0.05, 0) is 31.4 Å². The molecule has 1 aromatic heterocycles. The van der Waals surface area contributed by atoms with Gasteiger partial charge in [0.2, 0.25) is 5.95 Å². The van der Waals surface area contributed by atoms with Crippen LogP contribution in [0.3, 0.4) is 0 Å². The predicted molar refractivity (Wildman–Crippen MR) is 84.3 cm³/mol. The first-order valence-corrected chi connectivity index (χ1v) is 7.46. The van der Waals surface area contributed by atoms with Crippen LogP contribution in [-0.2, 0) is 16.1 Å². The number of imidazole rings is 1. The summed E-state index contributed by atoms with van der Waals surface area (Å²) in [5.74, 6) is 1.02. The third-order valence-electron chi connectivity index (χ3n) is 3.23. The number of nitrogens with one attached hydrogen (secondary N) is 1. The molecule has 0 saturated carbocycles. The van der Waals surface area contributed by atoms with E-state index in [2.05, 4.69) is 24.1 Å². The SMILES string of the molecule is CCNc1nc2ccccc2n1CC(=O)OCCC(C)C. The molecule has 0 amide bonds. The number of carbonyl (C=O) groups is 1. The second-order valence-electron chi connectivity index (χ2n) is 5.44. The van der Waals surface area contributed by atoms with Crippen molar-refractivity contribution in [1.29, 1.82) is 0 Å². The van der Waals surface area contributed by atoms with E-state index in [1.807, 2.05) is 35.8 Å².